The van der Waals surface area contributed by atoms with Gasteiger partial charge in [-0.15, -0.1) is 0 Å². The van der Waals surface area contributed by atoms with Crippen LogP contribution in [0.3, 0.4) is 0 Å². The van der Waals surface area contributed by atoms with E-state index in [2.05, 4.69) is 8.37 Å². The summed E-state index contributed by atoms with van der Waals surface area (Å²) in [6.07, 6.45) is 0. The van der Waals surface area contributed by atoms with E-state index in [1.165, 1.54) is 26.2 Å². The maximum atomic E-state index is 12.9. The zero-order valence-corrected chi connectivity index (χ0v) is 24.4. The van der Waals surface area contributed by atoms with Crippen molar-refractivity contribution in [2.75, 3.05) is 20.3 Å². The van der Waals surface area contributed by atoms with Gasteiger partial charge in [0.25, 0.3) is 20.8 Å². The quantitative estimate of drug-likeness (QED) is 0.123. The summed E-state index contributed by atoms with van der Waals surface area (Å²) in [5, 5.41) is 0.131. The molecule has 2 aromatic heterocycles. The van der Waals surface area contributed by atoms with E-state index < -0.39 is 50.8 Å². The average molecular weight is 643 g/mol. The summed E-state index contributed by atoms with van der Waals surface area (Å²) in [5.41, 5.74) is -0.161. The van der Waals surface area contributed by atoms with Crippen molar-refractivity contribution < 1.29 is 71.7 Å². The van der Waals surface area contributed by atoms with Gasteiger partial charge in [-0.3, -0.25) is 0 Å². The van der Waals surface area contributed by atoms with Crippen molar-refractivity contribution in [2.45, 2.75) is 27.4 Å². The Balaban J connectivity index is 1.84. The number of ether oxygens (including phenoxy) is 4. The van der Waals surface area contributed by atoms with E-state index in [0.717, 1.165) is 12.1 Å². The maximum Gasteiger partial charge on any atom is 0.342 e. The fraction of sp³-hybridized carbons (Fsp3) is 0.280. The van der Waals surface area contributed by atoms with Gasteiger partial charge in [-0.2, -0.15) is 0 Å². The van der Waals surface area contributed by atoms with Crippen LogP contribution in [0.15, 0.2) is 33.1 Å². The van der Waals surface area contributed by atoms with E-state index in [0.29, 0.717) is 11.0 Å². The van der Waals surface area contributed by atoms with E-state index in [9.17, 15) is 35.5 Å². The van der Waals surface area contributed by atoms with Crippen LogP contribution in [0.2, 0.25) is 0 Å². The summed E-state index contributed by atoms with van der Waals surface area (Å²) in [6.45, 7) is 4.24. The first-order chi connectivity index (χ1) is 20.2. The molecule has 0 aliphatic carbocycles. The van der Waals surface area contributed by atoms with E-state index in [4.69, 9.17) is 27.8 Å². The summed E-state index contributed by atoms with van der Waals surface area (Å²) in [5.74, 6) is -3.33. The fourth-order valence-electron chi connectivity index (χ4n) is 4.13. The van der Waals surface area contributed by atoms with Gasteiger partial charge in [0.2, 0.25) is 0 Å². The van der Waals surface area contributed by atoms with Gasteiger partial charge in [0.1, 0.15) is 34.7 Å². The van der Waals surface area contributed by atoms with Crippen LogP contribution in [0.1, 0.15) is 46.1 Å². The lowest BCUT2D eigenvalue weighted by Crippen LogP contribution is -2.12. The number of fused-ring (bicyclic) bond motifs is 2. The van der Waals surface area contributed by atoms with Crippen molar-refractivity contribution in [3.05, 3.63) is 46.9 Å². The molecule has 0 aliphatic heterocycles. The molecule has 0 bridgehead atoms. The summed E-state index contributed by atoms with van der Waals surface area (Å²) in [4.78, 5) is 25.5. The summed E-state index contributed by atoms with van der Waals surface area (Å²) in [6, 6.07) is 4.38. The Morgan fingerprint density at radius 1 is 0.744 bits per heavy atom. The predicted octanol–water partition coefficient (Wildman–Crippen LogP) is 3.11. The smallest absolute Gasteiger partial charge is 0.342 e. The summed E-state index contributed by atoms with van der Waals surface area (Å²) >= 11 is 0. The Kier molecular flexibility index (Phi) is 8.76. The number of hydrogen-bond donors (Lipinski definition) is 0. The third-order valence-electron chi connectivity index (χ3n) is 5.68. The van der Waals surface area contributed by atoms with Crippen LogP contribution in [-0.2, 0) is 36.9 Å². The Hall–Kier alpha value is -4.52. The van der Waals surface area contributed by atoms with Gasteiger partial charge < -0.3 is 45.3 Å². The molecule has 2 heterocycles. The normalized spacial score (nSPS) is 11.9. The number of methoxy groups -OCH3 is 1. The van der Waals surface area contributed by atoms with Crippen LogP contribution < -0.4 is 17.8 Å². The minimum Gasteiger partial charge on any atom is -0.716 e. The predicted molar refractivity (Wildman–Crippen MR) is 141 cm³/mol. The third kappa shape index (κ3) is 6.94. The first-order valence-corrected chi connectivity index (χ1v) is 14.8. The molecule has 4 aromatic rings. The second-order valence-corrected chi connectivity index (χ2v) is 10.4. The average Bonchev–Trinajstić information content (AvgIpc) is 3.40. The molecule has 0 atom stereocenters. The minimum atomic E-state index is -5.50. The number of carbonyl (C=O) groups excluding carboxylic acids is 2. The molecule has 0 saturated carbocycles. The monoisotopic (exact) mass is 642 g/mol. The molecule has 0 spiro atoms. The van der Waals surface area contributed by atoms with E-state index in [-0.39, 0.29) is 58.3 Å². The first kappa shape index (κ1) is 31.4. The van der Waals surface area contributed by atoms with Crippen LogP contribution in [0.5, 0.6) is 23.0 Å². The molecule has 2 aromatic carbocycles. The second-order valence-electron chi connectivity index (χ2n) is 8.44. The van der Waals surface area contributed by atoms with Crippen molar-refractivity contribution >= 4 is 54.7 Å². The summed E-state index contributed by atoms with van der Waals surface area (Å²) in [7, 11) is -9.63. The highest BCUT2D eigenvalue weighted by Gasteiger charge is 2.27. The molecule has 0 radical (unpaired) electrons. The number of hydrogen-bond acceptors (Lipinski definition) is 16. The molecule has 0 fully saturated rings. The molecular weight excluding hydrogens is 620 g/mol. The van der Waals surface area contributed by atoms with Crippen LogP contribution >= 0.6 is 0 Å². The van der Waals surface area contributed by atoms with Gasteiger partial charge >= 0.3 is 11.9 Å². The molecule has 232 valence electrons. The van der Waals surface area contributed by atoms with Crippen molar-refractivity contribution in [2.24, 2.45) is 0 Å². The van der Waals surface area contributed by atoms with Crippen molar-refractivity contribution in [1.82, 2.24) is 0 Å². The molecule has 16 nitrogen and oxygen atoms in total. The number of rotatable bonds is 12. The lowest BCUT2D eigenvalue weighted by molar-refractivity contribution is 0.0514. The van der Waals surface area contributed by atoms with Crippen molar-refractivity contribution in [3.8, 4) is 23.0 Å². The molecule has 0 amide bonds. The Morgan fingerprint density at radius 3 is 1.79 bits per heavy atom. The highest BCUT2D eigenvalue weighted by Crippen LogP contribution is 2.40. The highest BCUT2D eigenvalue weighted by molar-refractivity contribution is 7.81. The second kappa shape index (κ2) is 12.0. The minimum absolute atomic E-state index is 0.0690. The molecule has 0 aliphatic rings. The Morgan fingerprint density at radius 2 is 1.23 bits per heavy atom. The fourth-order valence-corrected chi connectivity index (χ4v) is 4.83. The van der Waals surface area contributed by atoms with Crippen LogP contribution in [0.25, 0.3) is 21.9 Å². The van der Waals surface area contributed by atoms with Crippen LogP contribution in [0.4, 0.5) is 0 Å². The standard InChI is InChI=1S/C25H24O16S2/c1-5-35-24(26)22-12(3)38-15-9-17(34-4)18(7-13(15)22)37-11-21-23(25(27)36-6-2)14-8-19(40-42(28,29)30)20(10-16(14)39-21)41-43(31,32)33/h7-10H,5-6,11H2,1-4H3,(H,28,29,30)(H,31,32,33)/p-2. The first-order valence-electron chi connectivity index (χ1n) is 12.1. The molecule has 43 heavy (non-hydrogen) atoms. The van der Waals surface area contributed by atoms with Gasteiger partial charge in [-0.25, -0.2) is 26.4 Å². The largest absolute Gasteiger partial charge is 0.716 e. The Labute approximate surface area is 243 Å². The molecule has 0 unspecified atom stereocenters. The number of esters is 2. The number of aryl methyl sites for hydroxylation is 1. The van der Waals surface area contributed by atoms with Crippen LogP contribution in [-0.4, -0.2) is 58.2 Å². The zero-order chi connectivity index (χ0) is 31.7. The zero-order valence-electron chi connectivity index (χ0n) is 22.8. The SMILES string of the molecule is CCOC(=O)c1c(C)oc2cc(OC)c(OCc3oc4cc(OS(=O)(=O)[O-])c(OS(=O)(=O)[O-])cc4c3C(=O)OCC)cc12. The molecular formula is C25H22O16S2-2. The third-order valence-corrected chi connectivity index (χ3v) is 6.45. The van der Waals surface area contributed by atoms with E-state index >= 15 is 0 Å². The molecule has 18 heteroatoms. The molecule has 4 rings (SSSR count). The summed E-state index contributed by atoms with van der Waals surface area (Å²) < 4.78 is 109. The topological polar surface area (TPSA) is 230 Å². The van der Waals surface area contributed by atoms with E-state index in [1.807, 2.05) is 0 Å². The van der Waals surface area contributed by atoms with Gasteiger partial charge in [0.05, 0.1) is 20.3 Å². The molecule has 0 N–H and O–H groups in total. The number of carbonyl (C=O) groups is 2. The Bertz CT molecular complexity index is 1930. The van der Waals surface area contributed by atoms with Gasteiger partial charge in [0.15, 0.2) is 28.8 Å². The maximum absolute atomic E-state index is 12.9. The number of furan rings is 2. The van der Waals surface area contributed by atoms with Gasteiger partial charge in [-0.05, 0) is 32.9 Å². The van der Waals surface area contributed by atoms with Gasteiger partial charge in [0, 0.05) is 22.9 Å². The molecule has 0 saturated heterocycles. The highest BCUT2D eigenvalue weighted by atomic mass is 32.3. The van der Waals surface area contributed by atoms with Crippen molar-refractivity contribution in [1.29, 1.82) is 0 Å². The van der Waals surface area contributed by atoms with Crippen molar-refractivity contribution in [3.63, 3.8) is 0 Å². The van der Waals surface area contributed by atoms with Crippen LogP contribution in [0, 0.1) is 6.92 Å². The van der Waals surface area contributed by atoms with Gasteiger partial charge in [-0.1, -0.05) is 0 Å². The lowest BCUT2D eigenvalue weighted by atomic mass is 10.1. The lowest BCUT2D eigenvalue weighted by Gasteiger charge is -2.15. The number of benzene rings is 2. The van der Waals surface area contributed by atoms with E-state index in [1.54, 1.807) is 13.8 Å².